The minimum atomic E-state index is -0.449. The Labute approximate surface area is 111 Å². The molecule has 2 rings (SSSR count). The first kappa shape index (κ1) is 13.4. The van der Waals surface area contributed by atoms with Crippen molar-refractivity contribution in [3.63, 3.8) is 0 Å². The van der Waals surface area contributed by atoms with Crippen LogP contribution in [0.15, 0.2) is 42.5 Å². The molecule has 3 nitrogen and oxygen atoms in total. The second kappa shape index (κ2) is 6.20. The maximum absolute atomic E-state index is 13.3. The van der Waals surface area contributed by atoms with Crippen LogP contribution < -0.4 is 9.47 Å². The van der Waals surface area contributed by atoms with Gasteiger partial charge in [0.15, 0.2) is 11.5 Å². The first-order valence-electron chi connectivity index (χ1n) is 6.03. The van der Waals surface area contributed by atoms with Crippen LogP contribution in [0.2, 0.25) is 0 Å². The van der Waals surface area contributed by atoms with Crippen LogP contribution in [0.1, 0.15) is 12.5 Å². The summed E-state index contributed by atoms with van der Waals surface area (Å²) in [5.74, 6) is 0.991. The molecule has 0 aliphatic carbocycles. The number of hydrogen-bond donors (Lipinski definition) is 1. The molecule has 0 heterocycles. The van der Waals surface area contributed by atoms with Gasteiger partial charge in [-0.25, -0.2) is 4.39 Å². The molecule has 0 aromatic heterocycles. The van der Waals surface area contributed by atoms with Crippen LogP contribution in [0.25, 0.3) is 0 Å². The third-order valence-electron chi connectivity index (χ3n) is 2.49. The van der Waals surface area contributed by atoms with Crippen molar-refractivity contribution in [3.8, 4) is 17.2 Å². The van der Waals surface area contributed by atoms with Crippen molar-refractivity contribution in [3.05, 3.63) is 53.8 Å². The zero-order valence-corrected chi connectivity index (χ0v) is 10.6. The van der Waals surface area contributed by atoms with Crippen LogP contribution in [0.4, 0.5) is 4.39 Å². The zero-order chi connectivity index (χ0) is 13.7. The van der Waals surface area contributed by atoms with Crippen LogP contribution in [-0.2, 0) is 6.61 Å². The van der Waals surface area contributed by atoms with E-state index in [1.807, 2.05) is 19.1 Å². The molecule has 19 heavy (non-hydrogen) atoms. The monoisotopic (exact) mass is 262 g/mol. The summed E-state index contributed by atoms with van der Waals surface area (Å²) < 4.78 is 24.4. The summed E-state index contributed by atoms with van der Waals surface area (Å²) >= 11 is 0. The third-order valence-corrected chi connectivity index (χ3v) is 2.49. The summed E-state index contributed by atoms with van der Waals surface area (Å²) in [6, 6.07) is 11.3. The van der Waals surface area contributed by atoms with Crippen molar-refractivity contribution in [2.45, 2.75) is 13.5 Å². The van der Waals surface area contributed by atoms with Crippen LogP contribution >= 0.6 is 0 Å². The lowest BCUT2D eigenvalue weighted by atomic mass is 10.2. The van der Waals surface area contributed by atoms with E-state index in [9.17, 15) is 4.39 Å². The fraction of sp³-hybridized carbons (Fsp3) is 0.200. The summed E-state index contributed by atoms with van der Waals surface area (Å²) in [4.78, 5) is 0. The van der Waals surface area contributed by atoms with E-state index < -0.39 is 5.82 Å². The Morgan fingerprint density at radius 3 is 2.53 bits per heavy atom. The van der Waals surface area contributed by atoms with E-state index in [2.05, 4.69) is 0 Å². The minimum Gasteiger partial charge on any atom is -0.490 e. The molecule has 100 valence electrons. The molecule has 0 aliphatic rings. The van der Waals surface area contributed by atoms with Gasteiger partial charge in [0.25, 0.3) is 0 Å². The average Bonchev–Trinajstić information content (AvgIpc) is 2.40. The van der Waals surface area contributed by atoms with E-state index in [4.69, 9.17) is 14.6 Å². The molecule has 0 atom stereocenters. The Morgan fingerprint density at radius 2 is 1.84 bits per heavy atom. The Hall–Kier alpha value is -2.07. The van der Waals surface area contributed by atoms with Crippen molar-refractivity contribution in [1.29, 1.82) is 0 Å². The normalized spacial score (nSPS) is 10.3. The molecule has 0 amide bonds. The number of aliphatic hydroxyl groups is 1. The highest BCUT2D eigenvalue weighted by molar-refractivity contribution is 5.43. The summed E-state index contributed by atoms with van der Waals surface area (Å²) in [5.41, 5.74) is 0.462. The van der Waals surface area contributed by atoms with E-state index in [1.54, 1.807) is 18.2 Å². The highest BCUT2D eigenvalue weighted by atomic mass is 19.1. The summed E-state index contributed by atoms with van der Waals surface area (Å²) in [5, 5.41) is 9.04. The highest BCUT2D eigenvalue weighted by Crippen LogP contribution is 2.31. The number of rotatable bonds is 5. The molecule has 0 fully saturated rings. The van der Waals surface area contributed by atoms with E-state index in [1.165, 1.54) is 12.1 Å². The number of halogens is 1. The topological polar surface area (TPSA) is 38.7 Å². The van der Waals surface area contributed by atoms with Crippen molar-refractivity contribution < 1.29 is 19.0 Å². The van der Waals surface area contributed by atoms with Gasteiger partial charge in [0.05, 0.1) is 13.2 Å². The number of aliphatic hydroxyl groups excluding tert-OH is 1. The molecular weight excluding hydrogens is 247 g/mol. The van der Waals surface area contributed by atoms with Crippen molar-refractivity contribution in [1.82, 2.24) is 0 Å². The molecule has 0 saturated heterocycles. The van der Waals surface area contributed by atoms with Crippen molar-refractivity contribution >= 4 is 0 Å². The number of hydrogen-bond acceptors (Lipinski definition) is 3. The Bertz CT molecular complexity index is 555. The standard InChI is InChI=1S/C15H15FO3/c1-2-18-14-5-3-4-6-15(14)19-13-8-11(10-17)7-12(16)9-13/h3-9,17H,2,10H2,1H3. The van der Waals surface area contributed by atoms with Gasteiger partial charge < -0.3 is 14.6 Å². The zero-order valence-electron chi connectivity index (χ0n) is 10.6. The van der Waals surface area contributed by atoms with E-state index in [0.29, 0.717) is 29.4 Å². The lowest BCUT2D eigenvalue weighted by Crippen LogP contribution is -1.95. The first-order chi connectivity index (χ1) is 9.22. The predicted octanol–water partition coefficient (Wildman–Crippen LogP) is 3.51. The summed E-state index contributed by atoms with van der Waals surface area (Å²) in [7, 11) is 0. The van der Waals surface area contributed by atoms with E-state index >= 15 is 0 Å². The maximum Gasteiger partial charge on any atom is 0.169 e. The smallest absolute Gasteiger partial charge is 0.169 e. The maximum atomic E-state index is 13.3. The highest BCUT2D eigenvalue weighted by Gasteiger charge is 2.07. The molecule has 0 saturated carbocycles. The van der Waals surface area contributed by atoms with Gasteiger partial charge in [-0.1, -0.05) is 12.1 Å². The molecule has 2 aromatic rings. The molecular formula is C15H15FO3. The van der Waals surface area contributed by atoms with E-state index in [-0.39, 0.29) is 6.61 Å². The molecule has 0 spiro atoms. The second-order valence-electron chi connectivity index (χ2n) is 3.94. The molecule has 0 radical (unpaired) electrons. The summed E-state index contributed by atoms with van der Waals surface area (Å²) in [6.45, 7) is 2.16. The molecule has 2 aromatic carbocycles. The number of ether oxygens (including phenoxy) is 2. The van der Waals surface area contributed by atoms with Gasteiger partial charge in [-0.15, -0.1) is 0 Å². The first-order valence-corrected chi connectivity index (χ1v) is 6.03. The lowest BCUT2D eigenvalue weighted by Gasteiger charge is -2.12. The number of benzene rings is 2. The Balaban J connectivity index is 2.28. The van der Waals surface area contributed by atoms with Crippen LogP contribution in [0.3, 0.4) is 0 Å². The van der Waals surface area contributed by atoms with Gasteiger partial charge in [0.2, 0.25) is 0 Å². The SMILES string of the molecule is CCOc1ccccc1Oc1cc(F)cc(CO)c1. The molecule has 0 aliphatic heterocycles. The van der Waals surface area contributed by atoms with Crippen LogP contribution in [-0.4, -0.2) is 11.7 Å². The molecule has 4 heteroatoms. The molecule has 0 unspecified atom stereocenters. The number of para-hydroxylation sites is 2. The largest absolute Gasteiger partial charge is 0.490 e. The Morgan fingerprint density at radius 1 is 1.11 bits per heavy atom. The predicted molar refractivity (Wildman–Crippen MR) is 70.0 cm³/mol. The quantitative estimate of drug-likeness (QED) is 0.896. The second-order valence-corrected chi connectivity index (χ2v) is 3.94. The Kier molecular flexibility index (Phi) is 4.36. The fourth-order valence-corrected chi connectivity index (χ4v) is 1.71. The van der Waals surface area contributed by atoms with Crippen molar-refractivity contribution in [2.24, 2.45) is 0 Å². The van der Waals surface area contributed by atoms with Crippen molar-refractivity contribution in [2.75, 3.05) is 6.61 Å². The average molecular weight is 262 g/mol. The summed E-state index contributed by atoms with van der Waals surface area (Å²) in [6.07, 6.45) is 0. The van der Waals surface area contributed by atoms with Gasteiger partial charge in [0.1, 0.15) is 11.6 Å². The molecule has 1 N–H and O–H groups in total. The van der Waals surface area contributed by atoms with Crippen LogP contribution in [0.5, 0.6) is 17.2 Å². The minimum absolute atomic E-state index is 0.235. The van der Waals surface area contributed by atoms with Gasteiger partial charge in [-0.2, -0.15) is 0 Å². The van der Waals surface area contributed by atoms with Gasteiger partial charge in [0, 0.05) is 6.07 Å². The van der Waals surface area contributed by atoms with Gasteiger partial charge >= 0.3 is 0 Å². The van der Waals surface area contributed by atoms with Gasteiger partial charge in [-0.3, -0.25) is 0 Å². The third kappa shape index (κ3) is 3.45. The molecule has 0 bridgehead atoms. The lowest BCUT2D eigenvalue weighted by molar-refractivity contribution is 0.280. The van der Waals surface area contributed by atoms with Crippen LogP contribution in [0, 0.1) is 5.82 Å². The van der Waals surface area contributed by atoms with Gasteiger partial charge in [-0.05, 0) is 36.8 Å². The van der Waals surface area contributed by atoms with E-state index in [0.717, 1.165) is 0 Å². The fourth-order valence-electron chi connectivity index (χ4n) is 1.71.